The molecule has 2 heterocycles. The molecule has 0 aliphatic carbocycles. The van der Waals surface area contributed by atoms with Gasteiger partial charge in [-0.3, -0.25) is 4.57 Å². The fraction of sp³-hybridized carbons (Fsp3) is 0.529. The van der Waals surface area contributed by atoms with Crippen LogP contribution in [0.5, 0.6) is 0 Å². The summed E-state index contributed by atoms with van der Waals surface area (Å²) < 4.78 is 12.6. The van der Waals surface area contributed by atoms with E-state index >= 15 is 0 Å². The van der Waals surface area contributed by atoms with Gasteiger partial charge in [0.15, 0.2) is 5.58 Å². The number of benzene rings is 1. The van der Waals surface area contributed by atoms with Gasteiger partial charge in [0.1, 0.15) is 0 Å². The van der Waals surface area contributed by atoms with Crippen molar-refractivity contribution < 1.29 is 13.9 Å². The number of hydrogen-bond acceptors (Lipinski definition) is 4. The van der Waals surface area contributed by atoms with Crippen molar-refractivity contribution in [3.63, 3.8) is 0 Å². The first-order valence-electron chi connectivity index (χ1n) is 7.92. The van der Waals surface area contributed by atoms with Gasteiger partial charge in [0.05, 0.1) is 29.8 Å². The van der Waals surface area contributed by atoms with E-state index in [4.69, 9.17) is 9.15 Å². The van der Waals surface area contributed by atoms with Gasteiger partial charge in [-0.1, -0.05) is 0 Å². The molecule has 0 atom stereocenters. The Balaban J connectivity index is 1.80. The van der Waals surface area contributed by atoms with E-state index in [9.17, 15) is 9.59 Å². The summed E-state index contributed by atoms with van der Waals surface area (Å²) in [6, 6.07) is 4.97. The predicted octanol–water partition coefficient (Wildman–Crippen LogP) is 2.55. The summed E-state index contributed by atoms with van der Waals surface area (Å²) in [5.41, 5.74) is 0.906. The zero-order chi connectivity index (χ0) is 17.7. The lowest BCUT2D eigenvalue weighted by molar-refractivity contribution is -0.169. The van der Waals surface area contributed by atoms with Crippen LogP contribution in [-0.4, -0.2) is 39.8 Å². The number of ether oxygens (including phenoxy) is 1. The van der Waals surface area contributed by atoms with Gasteiger partial charge in [0.25, 0.3) is 0 Å². The lowest BCUT2D eigenvalue weighted by Crippen LogP contribution is -2.59. The number of urea groups is 1. The lowest BCUT2D eigenvalue weighted by atomic mass is 9.99. The Morgan fingerprint density at radius 1 is 1.17 bits per heavy atom. The van der Waals surface area contributed by atoms with Crippen molar-refractivity contribution in [3.8, 4) is 0 Å². The Kier molecular flexibility index (Phi) is 3.71. The van der Waals surface area contributed by atoms with Crippen LogP contribution in [-0.2, 0) is 11.8 Å². The molecule has 2 amide bonds. The molecule has 0 radical (unpaired) electrons. The molecule has 130 valence electrons. The molecule has 24 heavy (non-hydrogen) atoms. The fourth-order valence-electron chi connectivity index (χ4n) is 3.35. The van der Waals surface area contributed by atoms with Gasteiger partial charge in [-0.15, -0.1) is 0 Å². The van der Waals surface area contributed by atoms with Gasteiger partial charge in [-0.25, -0.2) is 9.59 Å². The smallest absolute Gasteiger partial charge is 0.408 e. The highest BCUT2D eigenvalue weighted by atomic mass is 16.5. The summed E-state index contributed by atoms with van der Waals surface area (Å²) in [6.07, 6.45) is 0. The lowest BCUT2D eigenvalue weighted by Gasteiger charge is -2.46. The van der Waals surface area contributed by atoms with Crippen LogP contribution in [0.2, 0.25) is 0 Å². The SMILES string of the molecule is Cn1c(=O)oc2cc(NC(=O)N3CC(C)(C)OC(C)(C)C3)ccc21. The van der Waals surface area contributed by atoms with Gasteiger partial charge in [0.2, 0.25) is 0 Å². The quantitative estimate of drug-likeness (QED) is 0.870. The molecule has 1 aromatic heterocycles. The predicted molar refractivity (Wildman–Crippen MR) is 91.3 cm³/mol. The van der Waals surface area contributed by atoms with Crippen LogP contribution in [0.1, 0.15) is 27.7 Å². The molecule has 2 aromatic rings. The average Bonchev–Trinajstić information content (AvgIpc) is 2.70. The maximum absolute atomic E-state index is 12.6. The fourth-order valence-corrected chi connectivity index (χ4v) is 3.35. The minimum absolute atomic E-state index is 0.197. The summed E-state index contributed by atoms with van der Waals surface area (Å²) in [6.45, 7) is 8.89. The summed E-state index contributed by atoms with van der Waals surface area (Å²) in [5.74, 6) is -0.426. The molecule has 0 unspecified atom stereocenters. The van der Waals surface area contributed by atoms with E-state index in [0.717, 1.165) is 0 Å². The van der Waals surface area contributed by atoms with E-state index in [1.165, 1.54) is 4.57 Å². The molecular weight excluding hydrogens is 310 g/mol. The molecule has 7 nitrogen and oxygen atoms in total. The van der Waals surface area contributed by atoms with Gasteiger partial charge < -0.3 is 19.4 Å². The van der Waals surface area contributed by atoms with Crippen LogP contribution >= 0.6 is 0 Å². The van der Waals surface area contributed by atoms with E-state index in [1.807, 2.05) is 27.7 Å². The zero-order valence-electron chi connectivity index (χ0n) is 14.7. The van der Waals surface area contributed by atoms with Gasteiger partial charge >= 0.3 is 11.8 Å². The number of amides is 2. The molecule has 0 saturated carbocycles. The maximum atomic E-state index is 12.6. The Bertz CT molecular complexity index is 831. The van der Waals surface area contributed by atoms with E-state index in [0.29, 0.717) is 29.9 Å². The standard InChI is InChI=1S/C17H23N3O4/c1-16(2)9-20(10-17(3,4)24-16)14(21)18-11-6-7-12-13(8-11)23-15(22)19(12)5/h6-8H,9-10H2,1-5H3,(H,18,21). The van der Waals surface area contributed by atoms with Crippen molar-refractivity contribution in [2.75, 3.05) is 18.4 Å². The topological polar surface area (TPSA) is 76.7 Å². The number of aromatic nitrogens is 1. The molecule has 1 aliphatic rings. The number of oxazole rings is 1. The average molecular weight is 333 g/mol. The highest BCUT2D eigenvalue weighted by Crippen LogP contribution is 2.28. The van der Waals surface area contributed by atoms with Crippen molar-refractivity contribution in [2.45, 2.75) is 38.9 Å². The Hall–Kier alpha value is -2.28. The largest absolute Gasteiger partial charge is 0.419 e. The van der Waals surface area contributed by atoms with Crippen LogP contribution in [0, 0.1) is 0 Å². The minimum Gasteiger partial charge on any atom is -0.408 e. The number of fused-ring (bicyclic) bond motifs is 1. The van der Waals surface area contributed by atoms with E-state index in [1.54, 1.807) is 30.1 Å². The summed E-state index contributed by atoms with van der Waals surface area (Å²) >= 11 is 0. The first-order valence-corrected chi connectivity index (χ1v) is 7.92. The zero-order valence-corrected chi connectivity index (χ0v) is 14.7. The summed E-state index contributed by atoms with van der Waals surface area (Å²) in [5, 5.41) is 2.87. The van der Waals surface area contributed by atoms with Crippen LogP contribution in [0.15, 0.2) is 27.4 Å². The number of aryl methyl sites for hydroxylation is 1. The highest BCUT2D eigenvalue weighted by molar-refractivity contribution is 5.91. The van der Waals surface area contributed by atoms with Gasteiger partial charge in [-0.05, 0) is 39.8 Å². The number of hydrogen-bond donors (Lipinski definition) is 1. The van der Waals surface area contributed by atoms with Crippen LogP contribution < -0.4 is 11.1 Å². The van der Waals surface area contributed by atoms with Crippen LogP contribution in [0.3, 0.4) is 0 Å². The van der Waals surface area contributed by atoms with E-state index in [2.05, 4.69) is 5.32 Å². The summed E-state index contributed by atoms with van der Waals surface area (Å²) in [7, 11) is 1.64. The Morgan fingerprint density at radius 2 is 1.79 bits per heavy atom. The van der Waals surface area contributed by atoms with Crippen LogP contribution in [0.25, 0.3) is 11.1 Å². The van der Waals surface area contributed by atoms with Crippen LogP contribution in [0.4, 0.5) is 10.5 Å². The Morgan fingerprint density at radius 3 is 2.42 bits per heavy atom. The van der Waals surface area contributed by atoms with Crippen molar-refractivity contribution >= 4 is 22.8 Å². The molecule has 7 heteroatoms. The number of carbonyl (C=O) groups is 1. The van der Waals surface area contributed by atoms with Crippen molar-refractivity contribution in [3.05, 3.63) is 28.7 Å². The second-order valence-corrected chi connectivity index (χ2v) is 7.52. The molecule has 1 aliphatic heterocycles. The van der Waals surface area contributed by atoms with Crippen molar-refractivity contribution in [1.82, 2.24) is 9.47 Å². The molecule has 0 bridgehead atoms. The molecular formula is C17H23N3O4. The first-order chi connectivity index (χ1) is 11.1. The molecule has 1 fully saturated rings. The van der Waals surface area contributed by atoms with Crippen molar-refractivity contribution in [2.24, 2.45) is 7.05 Å². The number of nitrogens with one attached hydrogen (secondary N) is 1. The third kappa shape index (κ3) is 3.17. The normalized spacial score (nSPS) is 19.5. The molecule has 0 spiro atoms. The second kappa shape index (κ2) is 5.37. The van der Waals surface area contributed by atoms with Crippen molar-refractivity contribution in [1.29, 1.82) is 0 Å². The van der Waals surface area contributed by atoms with Gasteiger partial charge in [0, 0.05) is 18.8 Å². The number of nitrogens with zero attached hydrogens (tertiary/aromatic N) is 2. The molecule has 1 N–H and O–H groups in total. The first kappa shape index (κ1) is 16.6. The number of carbonyl (C=O) groups excluding carboxylic acids is 1. The molecule has 1 aromatic carbocycles. The van der Waals surface area contributed by atoms with E-state index < -0.39 is 17.0 Å². The third-order valence-electron chi connectivity index (χ3n) is 4.03. The Labute approximate surface area is 140 Å². The maximum Gasteiger partial charge on any atom is 0.419 e. The third-order valence-corrected chi connectivity index (χ3v) is 4.03. The monoisotopic (exact) mass is 333 g/mol. The number of anilines is 1. The van der Waals surface area contributed by atoms with E-state index in [-0.39, 0.29) is 6.03 Å². The number of rotatable bonds is 1. The highest BCUT2D eigenvalue weighted by Gasteiger charge is 2.40. The summed E-state index contributed by atoms with van der Waals surface area (Å²) in [4.78, 5) is 25.9. The molecule has 3 rings (SSSR count). The second-order valence-electron chi connectivity index (χ2n) is 7.52. The van der Waals surface area contributed by atoms with Gasteiger partial charge in [-0.2, -0.15) is 0 Å². The number of morpholine rings is 1. The molecule has 1 saturated heterocycles. The minimum atomic E-state index is -0.426.